The van der Waals surface area contributed by atoms with Crippen LogP contribution in [-0.2, 0) is 0 Å². The maximum absolute atomic E-state index is 12.9. The number of furan rings is 1. The summed E-state index contributed by atoms with van der Waals surface area (Å²) in [7, 11) is 0. The Hall–Kier alpha value is -1.85. The van der Waals surface area contributed by atoms with E-state index in [-0.39, 0.29) is 35.8 Å². The zero-order valence-electron chi connectivity index (χ0n) is 13.4. The fraction of sp³-hybridized carbons (Fsp3) is 0.353. The average Bonchev–Trinajstić information content (AvgIpc) is 2.97. The van der Waals surface area contributed by atoms with Crippen LogP contribution < -0.4 is 11.1 Å². The number of rotatable bonds is 5. The van der Waals surface area contributed by atoms with Crippen molar-refractivity contribution in [1.29, 1.82) is 0 Å². The zero-order chi connectivity index (χ0) is 16.3. The van der Waals surface area contributed by atoms with E-state index >= 15 is 0 Å². The number of nitrogens with one attached hydrogen (secondary N) is 1. The van der Waals surface area contributed by atoms with Gasteiger partial charge in [0.15, 0.2) is 5.76 Å². The number of nitrogens with two attached hydrogens (primary N) is 1. The van der Waals surface area contributed by atoms with Gasteiger partial charge in [0, 0.05) is 12.1 Å². The van der Waals surface area contributed by atoms with E-state index in [2.05, 4.69) is 5.32 Å². The minimum absolute atomic E-state index is 0. The molecule has 1 amide bonds. The minimum Gasteiger partial charge on any atom is -0.451 e. The molecule has 2 rings (SSSR count). The Morgan fingerprint density at radius 3 is 2.39 bits per heavy atom. The van der Waals surface area contributed by atoms with Gasteiger partial charge in [0.25, 0.3) is 5.91 Å². The predicted octanol–water partition coefficient (Wildman–Crippen LogP) is 3.61. The summed E-state index contributed by atoms with van der Waals surface area (Å²) in [4.78, 5) is 12.3. The van der Waals surface area contributed by atoms with E-state index in [4.69, 9.17) is 10.2 Å². The van der Waals surface area contributed by atoms with Crippen LogP contribution in [-0.4, -0.2) is 18.0 Å². The highest BCUT2D eigenvalue weighted by Gasteiger charge is 2.29. The third-order valence-electron chi connectivity index (χ3n) is 4.06. The molecule has 1 unspecified atom stereocenters. The lowest BCUT2D eigenvalue weighted by Gasteiger charge is -2.33. The van der Waals surface area contributed by atoms with Crippen molar-refractivity contribution < 1.29 is 13.6 Å². The van der Waals surface area contributed by atoms with E-state index < -0.39 is 5.54 Å². The van der Waals surface area contributed by atoms with Gasteiger partial charge in [-0.15, -0.1) is 12.4 Å². The van der Waals surface area contributed by atoms with Crippen LogP contribution in [0.25, 0.3) is 11.3 Å². The van der Waals surface area contributed by atoms with Crippen molar-refractivity contribution in [2.75, 3.05) is 6.54 Å². The molecule has 0 aliphatic carbocycles. The van der Waals surface area contributed by atoms with Gasteiger partial charge in [0.2, 0.25) is 0 Å². The molecule has 0 bridgehead atoms. The van der Waals surface area contributed by atoms with Gasteiger partial charge >= 0.3 is 0 Å². The molecule has 0 spiro atoms. The van der Waals surface area contributed by atoms with Crippen LogP contribution in [0, 0.1) is 11.7 Å². The summed E-state index contributed by atoms with van der Waals surface area (Å²) < 4.78 is 18.5. The molecule has 0 saturated heterocycles. The summed E-state index contributed by atoms with van der Waals surface area (Å²) in [6.07, 6.45) is 0. The maximum atomic E-state index is 12.9. The zero-order valence-corrected chi connectivity index (χ0v) is 14.2. The molecule has 0 aliphatic heterocycles. The average molecular weight is 341 g/mol. The van der Waals surface area contributed by atoms with Crippen LogP contribution in [0.1, 0.15) is 31.3 Å². The van der Waals surface area contributed by atoms with Gasteiger partial charge in [-0.2, -0.15) is 0 Å². The molecule has 3 N–H and O–H groups in total. The maximum Gasteiger partial charge on any atom is 0.287 e. The van der Waals surface area contributed by atoms with Gasteiger partial charge in [0.05, 0.1) is 5.54 Å². The first-order valence-electron chi connectivity index (χ1n) is 7.24. The Labute approximate surface area is 141 Å². The van der Waals surface area contributed by atoms with Gasteiger partial charge < -0.3 is 15.5 Å². The lowest BCUT2D eigenvalue weighted by Crippen LogP contribution is -2.54. The molecule has 126 valence electrons. The normalized spacial score (nSPS) is 13.3. The van der Waals surface area contributed by atoms with Crippen molar-refractivity contribution >= 4 is 18.3 Å². The number of hydrogen-bond acceptors (Lipinski definition) is 3. The van der Waals surface area contributed by atoms with E-state index in [1.165, 1.54) is 12.1 Å². The van der Waals surface area contributed by atoms with Gasteiger partial charge in [-0.1, -0.05) is 13.8 Å². The Balaban J connectivity index is 0.00000264. The Morgan fingerprint density at radius 2 is 1.87 bits per heavy atom. The molecule has 0 saturated carbocycles. The van der Waals surface area contributed by atoms with E-state index in [0.717, 1.165) is 0 Å². The molecule has 1 aromatic heterocycles. The topological polar surface area (TPSA) is 68.3 Å². The second-order valence-corrected chi connectivity index (χ2v) is 5.90. The first-order chi connectivity index (χ1) is 10.4. The molecule has 4 nitrogen and oxygen atoms in total. The summed E-state index contributed by atoms with van der Waals surface area (Å²) in [5.74, 6) is 0.288. The van der Waals surface area contributed by atoms with Crippen molar-refractivity contribution in [3.63, 3.8) is 0 Å². The minimum atomic E-state index is -0.500. The first kappa shape index (κ1) is 19.2. The van der Waals surface area contributed by atoms with E-state index in [9.17, 15) is 9.18 Å². The molecule has 1 heterocycles. The van der Waals surface area contributed by atoms with Gasteiger partial charge in [-0.25, -0.2) is 4.39 Å². The van der Waals surface area contributed by atoms with Crippen LogP contribution in [0.4, 0.5) is 4.39 Å². The number of benzene rings is 1. The van der Waals surface area contributed by atoms with E-state index in [1.54, 1.807) is 24.3 Å². The summed E-state index contributed by atoms with van der Waals surface area (Å²) >= 11 is 0. The van der Waals surface area contributed by atoms with Crippen LogP contribution in [0.5, 0.6) is 0 Å². The van der Waals surface area contributed by atoms with Crippen LogP contribution >= 0.6 is 12.4 Å². The summed E-state index contributed by atoms with van der Waals surface area (Å²) in [5.41, 5.74) is 5.98. The molecule has 6 heteroatoms. The second kappa shape index (κ2) is 7.62. The highest BCUT2D eigenvalue weighted by molar-refractivity contribution is 5.92. The smallest absolute Gasteiger partial charge is 0.287 e. The van der Waals surface area contributed by atoms with Crippen molar-refractivity contribution in [2.45, 2.75) is 26.3 Å². The van der Waals surface area contributed by atoms with Crippen LogP contribution in [0.3, 0.4) is 0 Å². The van der Waals surface area contributed by atoms with Crippen molar-refractivity contribution in [1.82, 2.24) is 5.32 Å². The lowest BCUT2D eigenvalue weighted by molar-refractivity contribution is 0.0855. The monoisotopic (exact) mass is 340 g/mol. The number of amides is 1. The molecule has 0 aliphatic rings. The lowest BCUT2D eigenvalue weighted by atomic mass is 9.88. The molecule has 2 aromatic rings. The fourth-order valence-corrected chi connectivity index (χ4v) is 1.98. The van der Waals surface area contributed by atoms with Gasteiger partial charge in [-0.3, -0.25) is 4.79 Å². The van der Waals surface area contributed by atoms with Crippen LogP contribution in [0.2, 0.25) is 0 Å². The molecule has 0 radical (unpaired) electrons. The largest absolute Gasteiger partial charge is 0.451 e. The summed E-state index contributed by atoms with van der Waals surface area (Å²) in [6.45, 7) is 6.24. The molecular weight excluding hydrogens is 319 g/mol. The first-order valence-corrected chi connectivity index (χ1v) is 7.24. The number of hydrogen-bond donors (Lipinski definition) is 2. The van der Waals surface area contributed by atoms with Crippen LogP contribution in [0.15, 0.2) is 40.8 Å². The Kier molecular flexibility index (Phi) is 6.36. The highest BCUT2D eigenvalue weighted by Crippen LogP contribution is 2.23. The number of carbonyl (C=O) groups is 1. The molecule has 23 heavy (non-hydrogen) atoms. The Morgan fingerprint density at radius 1 is 1.26 bits per heavy atom. The molecular formula is C17H22ClFN2O2. The van der Waals surface area contributed by atoms with E-state index in [0.29, 0.717) is 17.9 Å². The summed E-state index contributed by atoms with van der Waals surface area (Å²) in [6, 6.07) is 9.20. The summed E-state index contributed by atoms with van der Waals surface area (Å²) in [5, 5.41) is 2.92. The third-order valence-corrected chi connectivity index (χ3v) is 4.06. The fourth-order valence-electron chi connectivity index (χ4n) is 1.98. The predicted molar refractivity (Wildman–Crippen MR) is 91.1 cm³/mol. The quantitative estimate of drug-likeness (QED) is 0.873. The highest BCUT2D eigenvalue weighted by atomic mass is 35.5. The van der Waals surface area contributed by atoms with Crippen molar-refractivity contribution in [3.05, 3.63) is 48.0 Å². The Bertz CT molecular complexity index is 655. The SMILES string of the molecule is CC(C)C(C)(CN)NC(=O)c1ccc(-c2ccc(F)cc2)o1.Cl. The number of halogens is 2. The standard InChI is InChI=1S/C17H21FN2O2.ClH/c1-11(2)17(3,10-19)20-16(21)15-9-8-14(22-15)12-4-6-13(18)7-5-12;/h4-9,11H,10,19H2,1-3H3,(H,20,21);1H. The second-order valence-electron chi connectivity index (χ2n) is 5.90. The van der Waals surface area contributed by atoms with Crippen molar-refractivity contribution in [2.24, 2.45) is 11.7 Å². The van der Waals surface area contributed by atoms with E-state index in [1.807, 2.05) is 20.8 Å². The van der Waals surface area contributed by atoms with Gasteiger partial charge in [0.1, 0.15) is 11.6 Å². The third kappa shape index (κ3) is 4.33. The molecule has 1 aromatic carbocycles. The van der Waals surface area contributed by atoms with Gasteiger partial charge in [-0.05, 0) is 49.2 Å². The van der Waals surface area contributed by atoms with Crippen molar-refractivity contribution in [3.8, 4) is 11.3 Å². The molecule has 1 atom stereocenters. The molecule has 0 fully saturated rings. The number of carbonyl (C=O) groups excluding carboxylic acids is 1.